The zero-order valence-corrected chi connectivity index (χ0v) is 11.4. The monoisotopic (exact) mass is 264 g/mol. The number of nitrogens with zero attached hydrogens (tertiary/aromatic N) is 2. The first kappa shape index (κ1) is 14.8. The largest absolute Gasteiger partial charge is 0.409 e. The van der Waals surface area contributed by atoms with Gasteiger partial charge in [-0.1, -0.05) is 18.1 Å². The number of hydrogen-bond acceptors (Lipinski definition) is 4. The SMILES string of the molecule is CCC(C(=O)Nc1cccc(N(C)C)c1)/C(N)=N/O. The molecule has 6 nitrogen and oxygen atoms in total. The second-order valence-corrected chi connectivity index (χ2v) is 4.42. The van der Waals surface area contributed by atoms with Crippen LogP contribution < -0.4 is 16.0 Å². The maximum Gasteiger partial charge on any atom is 0.235 e. The van der Waals surface area contributed by atoms with E-state index >= 15 is 0 Å². The van der Waals surface area contributed by atoms with E-state index < -0.39 is 5.92 Å². The van der Waals surface area contributed by atoms with Crippen LogP contribution in [0, 0.1) is 5.92 Å². The highest BCUT2D eigenvalue weighted by Gasteiger charge is 2.21. The van der Waals surface area contributed by atoms with Crippen molar-refractivity contribution in [3.8, 4) is 0 Å². The van der Waals surface area contributed by atoms with E-state index in [1.54, 1.807) is 13.0 Å². The van der Waals surface area contributed by atoms with E-state index in [-0.39, 0.29) is 11.7 Å². The van der Waals surface area contributed by atoms with Crippen molar-refractivity contribution >= 4 is 23.1 Å². The maximum absolute atomic E-state index is 12.0. The summed E-state index contributed by atoms with van der Waals surface area (Å²) in [6.07, 6.45) is 0.467. The van der Waals surface area contributed by atoms with Gasteiger partial charge in [-0.05, 0) is 24.6 Å². The van der Waals surface area contributed by atoms with E-state index in [1.165, 1.54) is 0 Å². The fourth-order valence-electron chi connectivity index (χ4n) is 1.69. The maximum atomic E-state index is 12.0. The van der Waals surface area contributed by atoms with Gasteiger partial charge in [0.2, 0.25) is 5.91 Å². The van der Waals surface area contributed by atoms with Crippen molar-refractivity contribution in [2.45, 2.75) is 13.3 Å². The number of carbonyl (C=O) groups excluding carboxylic acids is 1. The summed E-state index contributed by atoms with van der Waals surface area (Å²) in [6.45, 7) is 1.80. The normalized spacial score (nSPS) is 12.9. The van der Waals surface area contributed by atoms with Crippen molar-refractivity contribution in [3.63, 3.8) is 0 Å². The summed E-state index contributed by atoms with van der Waals surface area (Å²) in [5, 5.41) is 14.3. The highest BCUT2D eigenvalue weighted by molar-refractivity contribution is 6.07. The second kappa shape index (κ2) is 6.63. The molecule has 1 rings (SSSR count). The summed E-state index contributed by atoms with van der Waals surface area (Å²) in [5.41, 5.74) is 7.15. The Bertz CT molecular complexity index is 471. The number of amides is 1. The minimum atomic E-state index is -0.631. The number of benzene rings is 1. The molecule has 1 atom stereocenters. The molecule has 1 aromatic carbocycles. The molecule has 0 aliphatic rings. The fourth-order valence-corrected chi connectivity index (χ4v) is 1.69. The standard InChI is InChI=1S/C13H20N4O2/c1-4-11(12(14)16-19)13(18)15-9-6-5-7-10(8-9)17(2)3/h5-8,11,19H,4H2,1-3H3,(H2,14,16)(H,15,18). The molecule has 19 heavy (non-hydrogen) atoms. The van der Waals surface area contributed by atoms with E-state index in [2.05, 4.69) is 10.5 Å². The molecule has 0 spiro atoms. The Kier molecular flexibility index (Phi) is 5.17. The number of carbonyl (C=O) groups is 1. The van der Waals surface area contributed by atoms with E-state index in [0.717, 1.165) is 5.69 Å². The molecule has 0 bridgehead atoms. The van der Waals surface area contributed by atoms with Gasteiger partial charge < -0.3 is 21.2 Å². The first-order valence-corrected chi connectivity index (χ1v) is 6.05. The molecule has 0 aromatic heterocycles. The molecule has 0 saturated carbocycles. The van der Waals surface area contributed by atoms with Crippen LogP contribution in [0.4, 0.5) is 11.4 Å². The van der Waals surface area contributed by atoms with Crippen LogP contribution in [0.3, 0.4) is 0 Å². The zero-order chi connectivity index (χ0) is 14.4. The van der Waals surface area contributed by atoms with E-state index in [0.29, 0.717) is 12.1 Å². The topological polar surface area (TPSA) is 91.0 Å². The summed E-state index contributed by atoms with van der Waals surface area (Å²) in [6, 6.07) is 7.45. The van der Waals surface area contributed by atoms with Crippen molar-refractivity contribution in [3.05, 3.63) is 24.3 Å². The van der Waals surface area contributed by atoms with Crippen molar-refractivity contribution in [1.82, 2.24) is 0 Å². The Morgan fingerprint density at radius 3 is 2.74 bits per heavy atom. The van der Waals surface area contributed by atoms with Gasteiger partial charge in [-0.3, -0.25) is 4.79 Å². The molecular formula is C13H20N4O2. The van der Waals surface area contributed by atoms with E-state index in [4.69, 9.17) is 10.9 Å². The highest BCUT2D eigenvalue weighted by Crippen LogP contribution is 2.18. The Balaban J connectivity index is 2.84. The lowest BCUT2D eigenvalue weighted by molar-refractivity contribution is -0.118. The molecule has 1 aromatic rings. The van der Waals surface area contributed by atoms with Gasteiger partial charge >= 0.3 is 0 Å². The van der Waals surface area contributed by atoms with Gasteiger partial charge in [-0.25, -0.2) is 0 Å². The van der Waals surface area contributed by atoms with Crippen molar-refractivity contribution in [2.75, 3.05) is 24.3 Å². The van der Waals surface area contributed by atoms with Gasteiger partial charge in [0.15, 0.2) is 5.84 Å². The molecule has 0 heterocycles. The first-order chi connectivity index (χ1) is 8.99. The van der Waals surface area contributed by atoms with Gasteiger partial charge in [0, 0.05) is 25.5 Å². The molecule has 4 N–H and O–H groups in total. The Morgan fingerprint density at radius 1 is 1.53 bits per heavy atom. The average Bonchev–Trinajstić information content (AvgIpc) is 2.39. The third-order valence-corrected chi connectivity index (χ3v) is 2.83. The van der Waals surface area contributed by atoms with E-state index in [1.807, 2.05) is 37.2 Å². The van der Waals surface area contributed by atoms with E-state index in [9.17, 15) is 4.79 Å². The molecule has 0 aliphatic heterocycles. The minimum absolute atomic E-state index is 0.0798. The van der Waals surface area contributed by atoms with Crippen LogP contribution in [-0.4, -0.2) is 31.0 Å². The smallest absolute Gasteiger partial charge is 0.235 e. The van der Waals surface area contributed by atoms with Crippen LogP contribution in [0.5, 0.6) is 0 Å². The van der Waals surface area contributed by atoms with Crippen molar-refractivity contribution in [2.24, 2.45) is 16.8 Å². The summed E-state index contributed by atoms with van der Waals surface area (Å²) in [5.74, 6) is -0.995. The molecule has 1 amide bonds. The zero-order valence-electron chi connectivity index (χ0n) is 11.4. The van der Waals surface area contributed by atoms with Crippen LogP contribution in [0.15, 0.2) is 29.4 Å². The Morgan fingerprint density at radius 2 is 2.21 bits per heavy atom. The summed E-state index contributed by atoms with van der Waals surface area (Å²) >= 11 is 0. The van der Waals surface area contributed by atoms with Crippen LogP contribution in [-0.2, 0) is 4.79 Å². The molecular weight excluding hydrogens is 244 g/mol. The third-order valence-electron chi connectivity index (χ3n) is 2.83. The molecule has 0 saturated heterocycles. The molecule has 104 valence electrons. The lowest BCUT2D eigenvalue weighted by Gasteiger charge is -2.16. The molecule has 0 radical (unpaired) electrons. The van der Waals surface area contributed by atoms with Crippen LogP contribution in [0.1, 0.15) is 13.3 Å². The highest BCUT2D eigenvalue weighted by atomic mass is 16.4. The van der Waals surface area contributed by atoms with Gasteiger partial charge in [0.05, 0.1) is 5.92 Å². The fraction of sp³-hybridized carbons (Fsp3) is 0.385. The number of anilines is 2. The van der Waals surface area contributed by atoms with Gasteiger partial charge in [-0.15, -0.1) is 0 Å². The van der Waals surface area contributed by atoms with Crippen molar-refractivity contribution < 1.29 is 10.0 Å². The lowest BCUT2D eigenvalue weighted by Crippen LogP contribution is -2.34. The van der Waals surface area contributed by atoms with Gasteiger partial charge in [0.25, 0.3) is 0 Å². The lowest BCUT2D eigenvalue weighted by atomic mass is 10.0. The number of rotatable bonds is 5. The Labute approximate surface area is 112 Å². The van der Waals surface area contributed by atoms with Crippen molar-refractivity contribution in [1.29, 1.82) is 0 Å². The quantitative estimate of drug-likeness (QED) is 0.325. The molecule has 0 aliphatic carbocycles. The molecule has 6 heteroatoms. The molecule has 1 unspecified atom stereocenters. The first-order valence-electron chi connectivity index (χ1n) is 6.05. The number of oxime groups is 1. The number of nitrogens with two attached hydrogens (primary N) is 1. The summed E-state index contributed by atoms with van der Waals surface area (Å²) < 4.78 is 0. The number of hydrogen-bond donors (Lipinski definition) is 3. The summed E-state index contributed by atoms with van der Waals surface area (Å²) in [4.78, 5) is 14.0. The Hall–Kier alpha value is -2.24. The average molecular weight is 264 g/mol. The van der Waals surface area contributed by atoms with Gasteiger partial charge in [0.1, 0.15) is 0 Å². The summed E-state index contributed by atoms with van der Waals surface area (Å²) in [7, 11) is 3.85. The van der Waals surface area contributed by atoms with Gasteiger partial charge in [-0.2, -0.15) is 0 Å². The van der Waals surface area contributed by atoms with Crippen LogP contribution >= 0.6 is 0 Å². The van der Waals surface area contributed by atoms with Crippen LogP contribution in [0.25, 0.3) is 0 Å². The third kappa shape index (κ3) is 3.87. The minimum Gasteiger partial charge on any atom is -0.409 e. The predicted octanol–water partition coefficient (Wildman–Crippen LogP) is 1.46. The predicted molar refractivity (Wildman–Crippen MR) is 76.6 cm³/mol. The second-order valence-electron chi connectivity index (χ2n) is 4.42. The number of nitrogens with one attached hydrogen (secondary N) is 1. The molecule has 0 fully saturated rings. The number of amidine groups is 1. The van der Waals surface area contributed by atoms with Crippen LogP contribution in [0.2, 0.25) is 0 Å².